The highest BCUT2D eigenvalue weighted by atomic mass is 19.2. The van der Waals surface area contributed by atoms with E-state index in [4.69, 9.17) is 4.74 Å². The van der Waals surface area contributed by atoms with Gasteiger partial charge in [-0.2, -0.15) is 0 Å². The van der Waals surface area contributed by atoms with Crippen LogP contribution in [-0.2, 0) is 4.74 Å². The first-order chi connectivity index (χ1) is 9.13. The average Bonchev–Trinajstić information content (AvgIpc) is 2.44. The minimum atomic E-state index is -0.740. The summed E-state index contributed by atoms with van der Waals surface area (Å²) in [6, 6.07) is 3.30. The minimum absolute atomic E-state index is 0.0487. The highest BCUT2D eigenvalue weighted by Gasteiger charge is 2.22. The van der Waals surface area contributed by atoms with Gasteiger partial charge in [0, 0.05) is 5.92 Å². The molecular weight excluding hydrogens is 246 g/mol. The summed E-state index contributed by atoms with van der Waals surface area (Å²) < 4.78 is 33.0. The zero-order chi connectivity index (χ0) is 13.8. The van der Waals surface area contributed by atoms with Crippen LogP contribution in [0.4, 0.5) is 8.78 Å². The first-order valence-corrected chi connectivity index (χ1v) is 6.48. The van der Waals surface area contributed by atoms with Crippen LogP contribution in [0.5, 0.6) is 0 Å². The molecule has 0 fully saturated rings. The van der Waals surface area contributed by atoms with Gasteiger partial charge in [0.15, 0.2) is 11.6 Å². The number of hydrogen-bond acceptors (Lipinski definition) is 1. The Kier molecular flexibility index (Phi) is 4.48. The number of rotatable bonds is 4. The van der Waals surface area contributed by atoms with E-state index in [1.807, 2.05) is 12.2 Å². The van der Waals surface area contributed by atoms with E-state index in [1.54, 1.807) is 25.1 Å². The summed E-state index contributed by atoms with van der Waals surface area (Å²) in [5.41, 5.74) is 0.773. The van der Waals surface area contributed by atoms with Crippen LogP contribution in [-0.4, -0.2) is 12.7 Å². The summed E-state index contributed by atoms with van der Waals surface area (Å²) in [5.74, 6) is -1.53. The van der Waals surface area contributed by atoms with Gasteiger partial charge < -0.3 is 4.74 Å². The van der Waals surface area contributed by atoms with E-state index < -0.39 is 11.6 Å². The third-order valence-corrected chi connectivity index (χ3v) is 3.45. The molecule has 102 valence electrons. The van der Waals surface area contributed by atoms with E-state index in [0.717, 1.165) is 12.8 Å². The predicted octanol–water partition coefficient (Wildman–Crippen LogP) is 4.28. The number of halogens is 2. The Balaban J connectivity index is 2.13. The smallest absolute Gasteiger partial charge is 0.162 e. The predicted molar refractivity (Wildman–Crippen MR) is 72.1 cm³/mol. The van der Waals surface area contributed by atoms with Gasteiger partial charge in [0.2, 0.25) is 0 Å². The van der Waals surface area contributed by atoms with Crippen LogP contribution in [0.1, 0.15) is 29.9 Å². The molecule has 0 spiro atoms. The van der Waals surface area contributed by atoms with Crippen molar-refractivity contribution in [2.24, 2.45) is 0 Å². The molecule has 1 nitrogen and oxygen atoms in total. The number of hydrogen-bond donors (Lipinski definition) is 0. The molecule has 19 heavy (non-hydrogen) atoms. The van der Waals surface area contributed by atoms with Gasteiger partial charge in [-0.05, 0) is 30.9 Å². The number of ether oxygens (including phenoxy) is 1. The Bertz CT molecular complexity index is 494. The maximum atomic E-state index is 13.9. The van der Waals surface area contributed by atoms with Gasteiger partial charge in [-0.15, -0.1) is 6.58 Å². The van der Waals surface area contributed by atoms with E-state index in [9.17, 15) is 8.78 Å². The van der Waals surface area contributed by atoms with Crippen molar-refractivity contribution in [3.8, 4) is 0 Å². The van der Waals surface area contributed by atoms with Crippen molar-refractivity contribution in [3.05, 3.63) is 59.7 Å². The Morgan fingerprint density at radius 3 is 2.68 bits per heavy atom. The molecule has 1 aliphatic carbocycles. The molecule has 0 heterocycles. The molecule has 0 saturated carbocycles. The molecular formula is C16H18F2O. The van der Waals surface area contributed by atoms with E-state index in [1.165, 1.54) is 0 Å². The molecule has 2 unspecified atom stereocenters. The average molecular weight is 264 g/mol. The van der Waals surface area contributed by atoms with E-state index in [-0.39, 0.29) is 12.0 Å². The molecule has 0 amide bonds. The molecule has 0 aliphatic heterocycles. The topological polar surface area (TPSA) is 9.23 Å². The Labute approximate surface area is 112 Å². The van der Waals surface area contributed by atoms with Crippen LogP contribution in [0.3, 0.4) is 0 Å². The van der Waals surface area contributed by atoms with Crippen LogP contribution in [0.15, 0.2) is 36.9 Å². The highest BCUT2D eigenvalue weighted by molar-refractivity contribution is 5.31. The molecule has 3 heteroatoms. The van der Waals surface area contributed by atoms with E-state index >= 15 is 0 Å². The minimum Gasteiger partial charge on any atom is -0.370 e. The second-order valence-corrected chi connectivity index (χ2v) is 4.83. The van der Waals surface area contributed by atoms with Crippen molar-refractivity contribution in [1.29, 1.82) is 0 Å². The lowest BCUT2D eigenvalue weighted by Gasteiger charge is -2.23. The zero-order valence-electron chi connectivity index (χ0n) is 11.0. The fourth-order valence-corrected chi connectivity index (χ4v) is 2.33. The molecule has 0 saturated heterocycles. The maximum Gasteiger partial charge on any atom is 0.162 e. The third kappa shape index (κ3) is 3.10. The summed E-state index contributed by atoms with van der Waals surface area (Å²) in [4.78, 5) is 0. The van der Waals surface area contributed by atoms with Crippen LogP contribution >= 0.6 is 0 Å². The molecule has 0 N–H and O–H groups in total. The first-order valence-electron chi connectivity index (χ1n) is 6.48. The number of allylic oxidation sites excluding steroid dienone is 1. The van der Waals surface area contributed by atoms with Gasteiger partial charge in [0.05, 0.1) is 12.7 Å². The van der Waals surface area contributed by atoms with Crippen LogP contribution in [0.25, 0.3) is 0 Å². The summed E-state index contributed by atoms with van der Waals surface area (Å²) in [7, 11) is 0. The largest absolute Gasteiger partial charge is 0.370 e. The van der Waals surface area contributed by atoms with Gasteiger partial charge in [-0.25, -0.2) is 8.78 Å². The lowest BCUT2D eigenvalue weighted by atomic mass is 9.87. The van der Waals surface area contributed by atoms with E-state index in [2.05, 4.69) is 6.58 Å². The Morgan fingerprint density at radius 1 is 1.26 bits per heavy atom. The van der Waals surface area contributed by atoms with Crippen molar-refractivity contribution in [2.45, 2.75) is 31.8 Å². The SMILES string of the molecule is C=CCOC1C=CC(c2ccc(C)c(F)c2F)CC1. The standard InChI is InChI=1S/C16H18F2O/c1-3-10-19-13-7-5-12(6-8-13)14-9-4-11(2)15(17)16(14)18/h3-5,7,9,12-13H,1,6,8,10H2,2H3. The Hall–Kier alpha value is -1.48. The lowest BCUT2D eigenvalue weighted by Crippen LogP contribution is -2.16. The van der Waals surface area contributed by atoms with Gasteiger partial charge in [0.1, 0.15) is 0 Å². The molecule has 1 aromatic rings. The zero-order valence-corrected chi connectivity index (χ0v) is 11.0. The first kappa shape index (κ1) is 13.9. The second kappa shape index (κ2) is 6.11. The highest BCUT2D eigenvalue weighted by Crippen LogP contribution is 2.32. The summed E-state index contributed by atoms with van der Waals surface area (Å²) in [6.45, 7) is 5.67. The quantitative estimate of drug-likeness (QED) is 0.738. The third-order valence-electron chi connectivity index (χ3n) is 3.45. The molecule has 0 bridgehead atoms. The van der Waals surface area contributed by atoms with Gasteiger partial charge in [-0.3, -0.25) is 0 Å². The van der Waals surface area contributed by atoms with Crippen LogP contribution in [0.2, 0.25) is 0 Å². The van der Waals surface area contributed by atoms with Crippen LogP contribution < -0.4 is 0 Å². The van der Waals surface area contributed by atoms with Crippen LogP contribution in [0, 0.1) is 18.6 Å². The summed E-state index contributed by atoms with van der Waals surface area (Å²) >= 11 is 0. The molecule has 0 radical (unpaired) electrons. The lowest BCUT2D eigenvalue weighted by molar-refractivity contribution is 0.0963. The maximum absolute atomic E-state index is 13.9. The van der Waals surface area contributed by atoms with Crippen molar-refractivity contribution in [3.63, 3.8) is 0 Å². The van der Waals surface area contributed by atoms with Gasteiger partial charge in [-0.1, -0.05) is 30.4 Å². The number of aryl methyl sites for hydroxylation is 1. The molecule has 0 aromatic heterocycles. The Morgan fingerprint density at radius 2 is 2.05 bits per heavy atom. The summed E-state index contributed by atoms with van der Waals surface area (Å²) in [5, 5.41) is 0. The monoisotopic (exact) mass is 264 g/mol. The molecule has 1 aliphatic rings. The molecule has 2 rings (SSSR count). The van der Waals surface area contributed by atoms with E-state index in [0.29, 0.717) is 17.7 Å². The van der Waals surface area contributed by atoms with Gasteiger partial charge >= 0.3 is 0 Å². The van der Waals surface area contributed by atoms with Crippen molar-refractivity contribution in [1.82, 2.24) is 0 Å². The van der Waals surface area contributed by atoms with Crippen molar-refractivity contribution in [2.75, 3.05) is 6.61 Å². The van der Waals surface area contributed by atoms with Crippen molar-refractivity contribution >= 4 is 0 Å². The number of benzene rings is 1. The van der Waals surface area contributed by atoms with Gasteiger partial charge in [0.25, 0.3) is 0 Å². The fraction of sp³-hybridized carbons (Fsp3) is 0.375. The summed E-state index contributed by atoms with van der Waals surface area (Å²) in [6.07, 6.45) is 7.16. The second-order valence-electron chi connectivity index (χ2n) is 4.83. The fourth-order valence-electron chi connectivity index (χ4n) is 2.33. The van der Waals surface area contributed by atoms with Crippen molar-refractivity contribution < 1.29 is 13.5 Å². The molecule has 2 atom stereocenters. The normalized spacial score (nSPS) is 22.5. The molecule has 1 aromatic carbocycles.